The number of nitrogens with one attached hydrogen (secondary N) is 1. The summed E-state index contributed by atoms with van der Waals surface area (Å²) in [5.74, 6) is -0.760. The van der Waals surface area contributed by atoms with Gasteiger partial charge in [-0.3, -0.25) is 4.21 Å². The van der Waals surface area contributed by atoms with Crippen LogP contribution >= 0.6 is 0 Å². The summed E-state index contributed by atoms with van der Waals surface area (Å²) in [6.45, 7) is 6.04. The maximum atomic E-state index is 14.3. The molecule has 1 unspecified atom stereocenters. The molecule has 0 bridgehead atoms. The fourth-order valence-corrected chi connectivity index (χ4v) is 5.77. The zero-order valence-corrected chi connectivity index (χ0v) is 20.5. The van der Waals surface area contributed by atoms with Crippen molar-refractivity contribution < 1.29 is 27.2 Å². The van der Waals surface area contributed by atoms with Gasteiger partial charge in [-0.1, -0.05) is 45.0 Å². The van der Waals surface area contributed by atoms with E-state index >= 15 is 0 Å². The number of hydrogen-bond acceptors (Lipinski definition) is 5. The highest BCUT2D eigenvalue weighted by Gasteiger charge is 2.35. The molecule has 0 aliphatic carbocycles. The van der Waals surface area contributed by atoms with Crippen molar-refractivity contribution in [3.63, 3.8) is 0 Å². The first-order valence-electron chi connectivity index (χ1n) is 11.3. The van der Waals surface area contributed by atoms with Crippen molar-refractivity contribution in [3.8, 4) is 5.75 Å². The first-order valence-corrected chi connectivity index (χ1v) is 12.8. The van der Waals surface area contributed by atoms with E-state index in [0.717, 1.165) is 5.56 Å². The Hall–Kier alpha value is -2.10. The number of alkyl halides is 2. The highest BCUT2D eigenvalue weighted by molar-refractivity contribution is 7.85. The van der Waals surface area contributed by atoms with Crippen molar-refractivity contribution in [1.29, 1.82) is 0 Å². The van der Waals surface area contributed by atoms with Gasteiger partial charge < -0.3 is 20.9 Å². The Kier molecular flexibility index (Phi) is 8.65. The lowest BCUT2D eigenvalue weighted by Crippen LogP contribution is -2.53. The van der Waals surface area contributed by atoms with Crippen LogP contribution in [0.4, 0.5) is 18.9 Å². The summed E-state index contributed by atoms with van der Waals surface area (Å²) in [5.41, 5.74) is 8.00. The molecule has 0 spiro atoms. The van der Waals surface area contributed by atoms with E-state index < -0.39 is 47.7 Å². The largest absolute Gasteiger partial charge is 0.485 e. The number of halogens is 3. The molecular formula is C25H33F3N2O3S. The summed E-state index contributed by atoms with van der Waals surface area (Å²) in [6.07, 6.45) is -3.31. The predicted molar refractivity (Wildman–Crippen MR) is 129 cm³/mol. The number of anilines is 1. The Balaban J connectivity index is 1.69. The number of hydrogen-bond donors (Lipinski definition) is 3. The molecule has 0 radical (unpaired) electrons. The van der Waals surface area contributed by atoms with Crippen molar-refractivity contribution in [2.75, 3.05) is 23.8 Å². The predicted octanol–water partition coefficient (Wildman–Crippen LogP) is 3.79. The van der Waals surface area contributed by atoms with Crippen LogP contribution in [0.25, 0.3) is 0 Å². The molecule has 1 heterocycles. The van der Waals surface area contributed by atoms with Gasteiger partial charge in [0.15, 0.2) is 0 Å². The van der Waals surface area contributed by atoms with Gasteiger partial charge in [0.1, 0.15) is 23.9 Å². The lowest BCUT2D eigenvalue weighted by molar-refractivity contribution is 0.0788. The number of aliphatic hydroxyl groups is 1. The average molecular weight is 499 g/mol. The third-order valence-corrected chi connectivity index (χ3v) is 7.57. The molecule has 2 aromatic carbocycles. The zero-order chi connectivity index (χ0) is 25.0. The van der Waals surface area contributed by atoms with Crippen molar-refractivity contribution in [2.45, 2.75) is 57.7 Å². The van der Waals surface area contributed by atoms with E-state index in [1.807, 2.05) is 12.1 Å². The van der Waals surface area contributed by atoms with Crippen LogP contribution in [0.5, 0.6) is 5.75 Å². The summed E-state index contributed by atoms with van der Waals surface area (Å²) in [7, 11) is -1.17. The minimum Gasteiger partial charge on any atom is -0.485 e. The molecule has 0 amide bonds. The van der Waals surface area contributed by atoms with E-state index in [0.29, 0.717) is 17.9 Å². The van der Waals surface area contributed by atoms with Gasteiger partial charge in [0.05, 0.1) is 6.10 Å². The third-order valence-electron chi connectivity index (χ3n) is 6.04. The molecule has 1 saturated heterocycles. The molecule has 2 aromatic rings. The molecular weight excluding hydrogens is 465 g/mol. The molecule has 1 aliphatic rings. The van der Waals surface area contributed by atoms with Crippen molar-refractivity contribution in [3.05, 3.63) is 58.9 Å². The number of benzene rings is 2. The van der Waals surface area contributed by atoms with Crippen molar-refractivity contribution in [2.24, 2.45) is 5.92 Å². The average Bonchev–Trinajstić information content (AvgIpc) is 2.76. The third kappa shape index (κ3) is 6.96. The number of aliphatic hydroxyl groups excluding tert-OH is 1. The van der Waals surface area contributed by atoms with Gasteiger partial charge in [0, 0.05) is 40.8 Å². The molecule has 4 atom stereocenters. The molecule has 0 aromatic heterocycles. The van der Waals surface area contributed by atoms with Crippen LogP contribution in [-0.2, 0) is 29.2 Å². The molecule has 0 saturated carbocycles. The van der Waals surface area contributed by atoms with E-state index in [9.17, 15) is 22.5 Å². The van der Waals surface area contributed by atoms with Crippen LogP contribution in [-0.4, -0.2) is 46.0 Å². The fourth-order valence-electron chi connectivity index (χ4n) is 4.13. The van der Waals surface area contributed by atoms with Gasteiger partial charge in [0.2, 0.25) is 0 Å². The molecule has 3 rings (SSSR count). The summed E-state index contributed by atoms with van der Waals surface area (Å²) in [5, 5.41) is 14.3. The normalized spacial score (nSPS) is 23.3. The molecule has 5 nitrogen and oxygen atoms in total. The number of ether oxygens (including phenoxy) is 1. The van der Waals surface area contributed by atoms with E-state index in [4.69, 9.17) is 10.5 Å². The van der Waals surface area contributed by atoms with Gasteiger partial charge in [-0.2, -0.15) is 0 Å². The van der Waals surface area contributed by atoms with E-state index in [1.54, 1.807) is 0 Å². The van der Waals surface area contributed by atoms with Gasteiger partial charge >= 0.3 is 0 Å². The van der Waals surface area contributed by atoms with Crippen molar-refractivity contribution in [1.82, 2.24) is 5.32 Å². The standard InChI is InChI=1S/C25H33F3N2O3S/c1-25(2,3)18-6-4-5-15(8-18)11-30-20-14-34(32)13-17(24(20)31)7-16-9-19(26)23(29)21(10-16)33-12-22(27)28/h4-6,8-10,17,20,22,24,30-31H,7,11-14,29H2,1-3H3/t17-,20+,24+,34?/m1/s1. The lowest BCUT2D eigenvalue weighted by Gasteiger charge is -2.35. The SMILES string of the molecule is CC(C)(C)c1cccc(CN[C@H]2CS(=O)C[C@@H](Cc3cc(F)c(N)c(OCC(F)F)c3)[C@@H]2O)c1. The lowest BCUT2D eigenvalue weighted by atomic mass is 9.86. The van der Waals surface area contributed by atoms with E-state index in [2.05, 4.69) is 38.2 Å². The number of nitrogens with two attached hydrogens (primary N) is 1. The first kappa shape index (κ1) is 26.5. The Morgan fingerprint density at radius 3 is 2.62 bits per heavy atom. The molecule has 34 heavy (non-hydrogen) atoms. The maximum absolute atomic E-state index is 14.3. The maximum Gasteiger partial charge on any atom is 0.272 e. The van der Waals surface area contributed by atoms with E-state index in [1.165, 1.54) is 17.7 Å². The monoisotopic (exact) mass is 498 g/mol. The summed E-state index contributed by atoms with van der Waals surface area (Å²) in [6, 6.07) is 10.4. The fraction of sp³-hybridized carbons (Fsp3) is 0.520. The van der Waals surface area contributed by atoms with Crippen LogP contribution in [0, 0.1) is 11.7 Å². The van der Waals surface area contributed by atoms with Gasteiger partial charge in [-0.15, -0.1) is 0 Å². The smallest absolute Gasteiger partial charge is 0.272 e. The van der Waals surface area contributed by atoms with Crippen LogP contribution in [0.3, 0.4) is 0 Å². The zero-order valence-electron chi connectivity index (χ0n) is 19.7. The Morgan fingerprint density at radius 1 is 1.21 bits per heavy atom. The topological polar surface area (TPSA) is 84.6 Å². The Morgan fingerprint density at radius 2 is 1.94 bits per heavy atom. The summed E-state index contributed by atoms with van der Waals surface area (Å²) >= 11 is 0. The molecule has 4 N–H and O–H groups in total. The van der Waals surface area contributed by atoms with Gasteiger partial charge in [0.25, 0.3) is 6.43 Å². The Labute approximate surface area is 201 Å². The highest BCUT2D eigenvalue weighted by atomic mass is 32.2. The Bertz CT molecular complexity index is 1010. The molecule has 9 heteroatoms. The quantitative estimate of drug-likeness (QED) is 0.483. The van der Waals surface area contributed by atoms with E-state index in [-0.39, 0.29) is 29.0 Å². The highest BCUT2D eigenvalue weighted by Crippen LogP contribution is 2.30. The molecule has 188 valence electrons. The second kappa shape index (κ2) is 11.1. The first-order chi connectivity index (χ1) is 15.9. The van der Waals surface area contributed by atoms with Gasteiger partial charge in [-0.05, 0) is 40.7 Å². The molecule has 1 aliphatic heterocycles. The van der Waals surface area contributed by atoms with Gasteiger partial charge in [-0.25, -0.2) is 13.2 Å². The number of nitrogen functional groups attached to an aromatic ring is 1. The van der Waals surface area contributed by atoms with Crippen LogP contribution in [0.2, 0.25) is 0 Å². The summed E-state index contributed by atoms with van der Waals surface area (Å²) < 4.78 is 56.8. The minimum atomic E-state index is -2.72. The minimum absolute atomic E-state index is 0.0131. The van der Waals surface area contributed by atoms with Crippen LogP contribution < -0.4 is 15.8 Å². The summed E-state index contributed by atoms with van der Waals surface area (Å²) in [4.78, 5) is 0. The molecule has 1 fully saturated rings. The second-order valence-corrected chi connectivity index (χ2v) is 11.4. The second-order valence-electron chi connectivity index (χ2n) is 9.86. The van der Waals surface area contributed by atoms with Crippen molar-refractivity contribution >= 4 is 16.5 Å². The van der Waals surface area contributed by atoms with Crippen LogP contribution in [0.1, 0.15) is 37.5 Å². The van der Waals surface area contributed by atoms with Crippen LogP contribution in [0.15, 0.2) is 36.4 Å². The number of rotatable bonds is 8.